The van der Waals surface area contributed by atoms with Crippen molar-refractivity contribution in [1.82, 2.24) is 4.98 Å². The molecule has 0 bridgehead atoms. The molecule has 3 aromatic carbocycles. The van der Waals surface area contributed by atoms with Crippen molar-refractivity contribution < 1.29 is 14.3 Å². The van der Waals surface area contributed by atoms with E-state index in [4.69, 9.17) is 9.72 Å². The lowest BCUT2D eigenvalue weighted by molar-refractivity contribution is 0.0524. The Kier molecular flexibility index (Phi) is 5.72. The quantitative estimate of drug-likeness (QED) is 0.268. The maximum Gasteiger partial charge on any atom is 0.341 e. The van der Waals surface area contributed by atoms with Gasteiger partial charge in [0.05, 0.1) is 23.4 Å². The smallest absolute Gasteiger partial charge is 0.341 e. The van der Waals surface area contributed by atoms with Crippen LogP contribution in [-0.4, -0.2) is 23.3 Å². The van der Waals surface area contributed by atoms with Crippen LogP contribution in [0, 0.1) is 0 Å². The Morgan fingerprint density at radius 3 is 2.27 bits per heavy atom. The third kappa shape index (κ3) is 3.64. The van der Waals surface area contributed by atoms with Crippen LogP contribution in [0.4, 0.5) is 0 Å². The number of benzene rings is 3. The molecule has 1 heterocycles. The van der Waals surface area contributed by atoms with E-state index in [1.54, 1.807) is 31.2 Å². The largest absolute Gasteiger partial charge is 0.462 e. The zero-order valence-electron chi connectivity index (χ0n) is 16.3. The predicted octanol–water partition coefficient (Wildman–Crippen LogP) is 6.07. The van der Waals surface area contributed by atoms with E-state index in [1.807, 2.05) is 54.6 Å². The first-order chi connectivity index (χ1) is 14.6. The molecule has 0 N–H and O–H groups in total. The summed E-state index contributed by atoms with van der Waals surface area (Å²) in [6, 6.07) is 23.8. The summed E-state index contributed by atoms with van der Waals surface area (Å²) in [5.41, 5.74) is 2.74. The van der Waals surface area contributed by atoms with Crippen LogP contribution in [-0.2, 0) is 4.74 Å². The lowest BCUT2D eigenvalue weighted by atomic mass is 9.91. The molecule has 0 aliphatic rings. The van der Waals surface area contributed by atoms with Gasteiger partial charge >= 0.3 is 5.97 Å². The highest BCUT2D eigenvalue weighted by atomic mass is 79.9. The number of halogens is 1. The summed E-state index contributed by atoms with van der Waals surface area (Å²) in [4.78, 5) is 31.5. The van der Waals surface area contributed by atoms with E-state index in [0.29, 0.717) is 33.3 Å². The number of pyridine rings is 1. The molecule has 0 spiro atoms. The minimum atomic E-state index is -0.569. The van der Waals surface area contributed by atoms with Crippen molar-refractivity contribution in [1.29, 1.82) is 0 Å². The molecule has 4 nitrogen and oxygen atoms in total. The minimum Gasteiger partial charge on any atom is -0.462 e. The third-order valence-electron chi connectivity index (χ3n) is 4.76. The van der Waals surface area contributed by atoms with Crippen molar-refractivity contribution in [2.45, 2.75) is 6.92 Å². The molecule has 30 heavy (non-hydrogen) atoms. The monoisotopic (exact) mass is 459 g/mol. The van der Waals surface area contributed by atoms with Crippen LogP contribution in [0.1, 0.15) is 33.2 Å². The number of hydrogen-bond donors (Lipinski definition) is 0. The number of esters is 1. The highest BCUT2D eigenvalue weighted by Crippen LogP contribution is 2.35. The van der Waals surface area contributed by atoms with E-state index in [-0.39, 0.29) is 18.0 Å². The van der Waals surface area contributed by atoms with Crippen LogP contribution >= 0.6 is 15.9 Å². The summed E-state index contributed by atoms with van der Waals surface area (Å²) in [6.07, 6.45) is 0. The van der Waals surface area contributed by atoms with Crippen LogP contribution in [0.15, 0.2) is 83.3 Å². The fraction of sp³-hybridized carbons (Fsp3) is 0.0800. The molecule has 0 saturated heterocycles. The molecule has 0 amide bonds. The Bertz CT molecular complexity index is 1250. The molecular weight excluding hydrogens is 442 g/mol. The summed E-state index contributed by atoms with van der Waals surface area (Å²) in [5, 5.41) is 0.616. The normalized spacial score (nSPS) is 10.7. The number of hydrogen-bond acceptors (Lipinski definition) is 4. The molecule has 0 atom stereocenters. The van der Waals surface area contributed by atoms with Gasteiger partial charge in [-0.05, 0) is 19.1 Å². The molecule has 4 rings (SSSR count). The van der Waals surface area contributed by atoms with Crippen molar-refractivity contribution in [2.24, 2.45) is 0 Å². The highest BCUT2D eigenvalue weighted by Gasteiger charge is 2.28. The van der Waals surface area contributed by atoms with Gasteiger partial charge in [-0.15, -0.1) is 0 Å². The standard InChI is InChI=1S/C25H18BrNO3/c1-2-30-25(29)22-21(24(28)16-10-4-3-5-11-16)18-13-7-9-15-20(18)27-23(22)17-12-6-8-14-19(17)26/h3-15H,2H2,1H3. The SMILES string of the molecule is CCOC(=O)c1c(-c2ccccc2Br)nc2ccccc2c1C(=O)c1ccccc1. The van der Waals surface area contributed by atoms with Gasteiger partial charge in [0.2, 0.25) is 0 Å². The number of rotatable bonds is 5. The van der Waals surface area contributed by atoms with Crippen LogP contribution in [0.5, 0.6) is 0 Å². The molecular formula is C25H18BrNO3. The van der Waals surface area contributed by atoms with Gasteiger partial charge in [-0.25, -0.2) is 9.78 Å². The molecule has 1 aromatic heterocycles. The van der Waals surface area contributed by atoms with E-state index < -0.39 is 5.97 Å². The van der Waals surface area contributed by atoms with Gasteiger partial charge in [0.1, 0.15) is 0 Å². The number of aromatic nitrogens is 1. The van der Waals surface area contributed by atoms with E-state index in [0.717, 1.165) is 4.47 Å². The summed E-state index contributed by atoms with van der Waals surface area (Å²) in [7, 11) is 0. The van der Waals surface area contributed by atoms with Gasteiger partial charge in [0.25, 0.3) is 0 Å². The Morgan fingerprint density at radius 2 is 1.53 bits per heavy atom. The zero-order valence-corrected chi connectivity index (χ0v) is 17.8. The van der Waals surface area contributed by atoms with Gasteiger partial charge in [0.15, 0.2) is 5.78 Å². The number of nitrogens with zero attached hydrogens (tertiary/aromatic N) is 1. The van der Waals surface area contributed by atoms with E-state index in [9.17, 15) is 9.59 Å². The summed E-state index contributed by atoms with van der Waals surface area (Å²) < 4.78 is 6.13. The zero-order chi connectivity index (χ0) is 21.1. The van der Waals surface area contributed by atoms with Crippen molar-refractivity contribution in [3.8, 4) is 11.3 Å². The molecule has 0 aliphatic carbocycles. The highest BCUT2D eigenvalue weighted by molar-refractivity contribution is 9.10. The van der Waals surface area contributed by atoms with Crippen molar-refractivity contribution in [3.05, 3.63) is 100 Å². The molecule has 0 fully saturated rings. The number of carbonyl (C=O) groups is 2. The van der Waals surface area contributed by atoms with Gasteiger partial charge in [-0.1, -0.05) is 82.7 Å². The minimum absolute atomic E-state index is 0.177. The number of carbonyl (C=O) groups excluding carboxylic acids is 2. The lowest BCUT2D eigenvalue weighted by Crippen LogP contribution is -2.16. The van der Waals surface area contributed by atoms with E-state index in [2.05, 4.69) is 15.9 Å². The van der Waals surface area contributed by atoms with Gasteiger partial charge in [-0.2, -0.15) is 0 Å². The van der Waals surface area contributed by atoms with Gasteiger partial charge in [0, 0.05) is 26.5 Å². The Hall–Kier alpha value is -3.31. The number of ether oxygens (including phenoxy) is 1. The topological polar surface area (TPSA) is 56.3 Å². The molecule has 0 aliphatic heterocycles. The molecule has 0 saturated carbocycles. The first kappa shape index (κ1) is 20.0. The van der Waals surface area contributed by atoms with Crippen LogP contribution in [0.25, 0.3) is 22.2 Å². The average molecular weight is 460 g/mol. The van der Waals surface area contributed by atoms with Gasteiger partial charge in [-0.3, -0.25) is 4.79 Å². The first-order valence-corrected chi connectivity index (χ1v) is 10.4. The van der Waals surface area contributed by atoms with Crippen molar-refractivity contribution in [2.75, 3.05) is 6.61 Å². The Labute approximate surface area is 182 Å². The molecule has 4 aromatic rings. The van der Waals surface area contributed by atoms with Crippen LogP contribution < -0.4 is 0 Å². The molecule has 0 unspecified atom stereocenters. The second-order valence-electron chi connectivity index (χ2n) is 6.62. The summed E-state index contributed by atoms with van der Waals surface area (Å²) in [6.45, 7) is 1.93. The fourth-order valence-corrected chi connectivity index (χ4v) is 3.90. The molecule has 0 radical (unpaired) electrons. The number of fused-ring (bicyclic) bond motifs is 1. The van der Waals surface area contributed by atoms with Gasteiger partial charge < -0.3 is 4.74 Å². The van der Waals surface area contributed by atoms with E-state index >= 15 is 0 Å². The average Bonchev–Trinajstić information content (AvgIpc) is 2.78. The second kappa shape index (κ2) is 8.59. The third-order valence-corrected chi connectivity index (χ3v) is 5.46. The van der Waals surface area contributed by atoms with E-state index in [1.165, 1.54) is 0 Å². The molecule has 5 heteroatoms. The lowest BCUT2D eigenvalue weighted by Gasteiger charge is -2.16. The van der Waals surface area contributed by atoms with Crippen LogP contribution in [0.2, 0.25) is 0 Å². The Balaban J connectivity index is 2.12. The van der Waals surface area contributed by atoms with Crippen LogP contribution in [0.3, 0.4) is 0 Å². The fourth-order valence-electron chi connectivity index (χ4n) is 3.43. The predicted molar refractivity (Wildman–Crippen MR) is 121 cm³/mol. The van der Waals surface area contributed by atoms with Crippen molar-refractivity contribution in [3.63, 3.8) is 0 Å². The van der Waals surface area contributed by atoms with Crippen molar-refractivity contribution >= 4 is 38.6 Å². The first-order valence-electron chi connectivity index (χ1n) is 9.56. The second-order valence-corrected chi connectivity index (χ2v) is 7.48. The maximum absolute atomic E-state index is 13.6. The summed E-state index contributed by atoms with van der Waals surface area (Å²) in [5.74, 6) is -0.814. The maximum atomic E-state index is 13.6. The number of ketones is 1. The number of para-hydroxylation sites is 1. The molecule has 148 valence electrons. The summed E-state index contributed by atoms with van der Waals surface area (Å²) >= 11 is 3.55. The Morgan fingerprint density at radius 1 is 0.867 bits per heavy atom.